The van der Waals surface area contributed by atoms with Gasteiger partial charge < -0.3 is 9.73 Å². The van der Waals surface area contributed by atoms with Crippen LogP contribution in [0.3, 0.4) is 0 Å². The van der Waals surface area contributed by atoms with Crippen LogP contribution in [0.4, 0.5) is 4.79 Å². The monoisotopic (exact) mass is 354 g/mol. The van der Waals surface area contributed by atoms with E-state index in [1.165, 1.54) is 0 Å². The van der Waals surface area contributed by atoms with Gasteiger partial charge in [-0.2, -0.15) is 0 Å². The summed E-state index contributed by atoms with van der Waals surface area (Å²) in [6.07, 6.45) is 0. The summed E-state index contributed by atoms with van der Waals surface area (Å²) < 4.78 is 5.50. The number of hydrogen-bond donors (Lipinski definition) is 2. The highest BCUT2D eigenvalue weighted by molar-refractivity contribution is 8.00. The molecular weight excluding hydrogens is 340 g/mol. The number of imide groups is 1. The fraction of sp³-hybridized carbons (Fsp3) is 0.286. The zero-order valence-electron chi connectivity index (χ0n) is 12.5. The van der Waals surface area contributed by atoms with Crippen LogP contribution < -0.4 is 10.6 Å². The number of hydrogen-bond acceptors (Lipinski definition) is 6. The standard InChI is InChI=1S/C14H15ClN4O3S/c1-3-16-13(21)17-11(20)8(2)23-14-19-18-12(22-14)9-5-4-6-10(15)7-9/h4-8H,3H2,1-2H3,(H2,16,17,20,21). The molecule has 0 bridgehead atoms. The largest absolute Gasteiger partial charge is 0.411 e. The van der Waals surface area contributed by atoms with Crippen LogP contribution in [0.5, 0.6) is 0 Å². The normalized spacial score (nSPS) is 11.8. The average molecular weight is 355 g/mol. The zero-order chi connectivity index (χ0) is 16.8. The highest BCUT2D eigenvalue weighted by Crippen LogP contribution is 2.27. The second-order valence-corrected chi connectivity index (χ2v) is 6.22. The molecule has 0 fully saturated rings. The minimum atomic E-state index is -0.565. The number of urea groups is 1. The van der Waals surface area contributed by atoms with Crippen molar-refractivity contribution in [2.75, 3.05) is 6.54 Å². The van der Waals surface area contributed by atoms with Crippen LogP contribution >= 0.6 is 23.4 Å². The summed E-state index contributed by atoms with van der Waals surface area (Å²) in [5, 5.41) is 12.7. The van der Waals surface area contributed by atoms with E-state index in [0.29, 0.717) is 23.0 Å². The Kier molecular flexibility index (Phi) is 6.00. The molecule has 1 unspecified atom stereocenters. The predicted octanol–water partition coefficient (Wildman–Crippen LogP) is 2.72. The molecule has 1 aromatic heterocycles. The van der Waals surface area contributed by atoms with Crippen molar-refractivity contribution in [2.24, 2.45) is 0 Å². The first-order chi connectivity index (χ1) is 11.0. The van der Waals surface area contributed by atoms with Crippen molar-refractivity contribution in [3.05, 3.63) is 29.3 Å². The van der Waals surface area contributed by atoms with E-state index in [-0.39, 0.29) is 5.22 Å². The van der Waals surface area contributed by atoms with Crippen LogP contribution in [0.2, 0.25) is 5.02 Å². The predicted molar refractivity (Wildman–Crippen MR) is 87.3 cm³/mol. The van der Waals surface area contributed by atoms with Crippen LogP contribution in [-0.4, -0.2) is 33.9 Å². The lowest BCUT2D eigenvalue weighted by Gasteiger charge is -2.08. The number of carbonyl (C=O) groups is 2. The van der Waals surface area contributed by atoms with Crippen LogP contribution in [0.25, 0.3) is 11.5 Å². The summed E-state index contributed by atoms with van der Waals surface area (Å²) in [4.78, 5) is 23.2. The molecule has 1 heterocycles. The lowest BCUT2D eigenvalue weighted by Crippen LogP contribution is -2.42. The molecule has 0 radical (unpaired) electrons. The number of thioether (sulfide) groups is 1. The van der Waals surface area contributed by atoms with Crippen molar-refractivity contribution in [3.63, 3.8) is 0 Å². The Labute approximate surface area is 142 Å². The maximum atomic E-state index is 11.9. The Balaban J connectivity index is 1.98. The van der Waals surface area contributed by atoms with Crippen LogP contribution in [0.15, 0.2) is 33.9 Å². The van der Waals surface area contributed by atoms with Crippen molar-refractivity contribution >= 4 is 35.3 Å². The quantitative estimate of drug-likeness (QED) is 0.801. The van der Waals surface area contributed by atoms with Gasteiger partial charge in [-0.25, -0.2) is 4.79 Å². The zero-order valence-corrected chi connectivity index (χ0v) is 14.1. The van der Waals surface area contributed by atoms with Gasteiger partial charge in [-0.3, -0.25) is 10.1 Å². The molecule has 122 valence electrons. The third kappa shape index (κ3) is 4.97. The molecule has 2 rings (SSSR count). The van der Waals surface area contributed by atoms with E-state index < -0.39 is 17.2 Å². The van der Waals surface area contributed by atoms with Crippen molar-refractivity contribution in [2.45, 2.75) is 24.3 Å². The lowest BCUT2D eigenvalue weighted by atomic mass is 10.2. The maximum Gasteiger partial charge on any atom is 0.321 e. The molecule has 0 aliphatic rings. The van der Waals surface area contributed by atoms with Crippen LogP contribution in [0.1, 0.15) is 13.8 Å². The van der Waals surface area contributed by atoms with Crippen molar-refractivity contribution in [1.82, 2.24) is 20.8 Å². The van der Waals surface area contributed by atoms with Crippen molar-refractivity contribution in [1.29, 1.82) is 0 Å². The van der Waals surface area contributed by atoms with E-state index in [9.17, 15) is 9.59 Å². The molecule has 0 aliphatic heterocycles. The van der Waals surface area contributed by atoms with Crippen LogP contribution in [-0.2, 0) is 4.79 Å². The van der Waals surface area contributed by atoms with Gasteiger partial charge in [0.05, 0.1) is 5.25 Å². The van der Waals surface area contributed by atoms with Gasteiger partial charge in [0.25, 0.3) is 5.22 Å². The van der Waals surface area contributed by atoms with Gasteiger partial charge in [0.15, 0.2) is 0 Å². The Morgan fingerprint density at radius 2 is 2.17 bits per heavy atom. The number of aromatic nitrogens is 2. The summed E-state index contributed by atoms with van der Waals surface area (Å²) in [5.74, 6) is -0.130. The summed E-state index contributed by atoms with van der Waals surface area (Å²) in [6.45, 7) is 3.84. The Morgan fingerprint density at radius 1 is 1.39 bits per heavy atom. The van der Waals surface area contributed by atoms with Gasteiger partial charge in [-0.1, -0.05) is 29.4 Å². The number of nitrogens with one attached hydrogen (secondary N) is 2. The minimum absolute atomic E-state index is 0.235. The fourth-order valence-corrected chi connectivity index (χ4v) is 2.49. The first kappa shape index (κ1) is 17.3. The number of halogens is 1. The molecule has 2 N–H and O–H groups in total. The highest BCUT2D eigenvalue weighted by atomic mass is 35.5. The first-order valence-corrected chi connectivity index (χ1v) is 8.10. The Morgan fingerprint density at radius 3 is 2.87 bits per heavy atom. The smallest absolute Gasteiger partial charge is 0.321 e. The van der Waals surface area contributed by atoms with Gasteiger partial charge in [0, 0.05) is 17.1 Å². The molecule has 7 nitrogen and oxygen atoms in total. The summed E-state index contributed by atoms with van der Waals surface area (Å²) >= 11 is 6.98. The van der Waals surface area contributed by atoms with E-state index in [2.05, 4.69) is 20.8 Å². The molecule has 1 atom stereocenters. The van der Waals surface area contributed by atoms with Crippen LogP contribution in [0, 0.1) is 0 Å². The number of nitrogens with zero attached hydrogens (tertiary/aromatic N) is 2. The Hall–Kier alpha value is -2.06. The third-order valence-electron chi connectivity index (χ3n) is 2.70. The molecular formula is C14H15ClN4O3S. The van der Waals surface area contributed by atoms with Crippen molar-refractivity contribution in [3.8, 4) is 11.5 Å². The molecule has 9 heteroatoms. The SMILES string of the molecule is CCNC(=O)NC(=O)C(C)Sc1nnc(-c2cccc(Cl)c2)o1. The average Bonchev–Trinajstić information content (AvgIpc) is 2.96. The number of amides is 3. The maximum absolute atomic E-state index is 11.9. The summed E-state index contributed by atoms with van der Waals surface area (Å²) in [6, 6.07) is 6.48. The van der Waals surface area contributed by atoms with E-state index in [0.717, 1.165) is 11.8 Å². The van der Waals surface area contributed by atoms with E-state index in [4.69, 9.17) is 16.0 Å². The Bertz CT molecular complexity index is 707. The second kappa shape index (κ2) is 7.98. The molecule has 0 spiro atoms. The molecule has 2 aromatic rings. The number of carbonyl (C=O) groups excluding carboxylic acids is 2. The molecule has 0 aliphatic carbocycles. The third-order valence-corrected chi connectivity index (χ3v) is 3.87. The second-order valence-electron chi connectivity index (χ2n) is 4.49. The van der Waals surface area contributed by atoms with Gasteiger partial charge in [0.2, 0.25) is 11.8 Å². The highest BCUT2D eigenvalue weighted by Gasteiger charge is 2.20. The van der Waals surface area contributed by atoms with Gasteiger partial charge in [-0.15, -0.1) is 10.2 Å². The number of rotatable bonds is 5. The summed E-state index contributed by atoms with van der Waals surface area (Å²) in [5.41, 5.74) is 0.691. The minimum Gasteiger partial charge on any atom is -0.411 e. The van der Waals surface area contributed by atoms with Gasteiger partial charge in [0.1, 0.15) is 0 Å². The van der Waals surface area contributed by atoms with Crippen molar-refractivity contribution < 1.29 is 14.0 Å². The molecule has 1 aromatic carbocycles. The fourth-order valence-electron chi connectivity index (χ4n) is 1.62. The topological polar surface area (TPSA) is 97.1 Å². The van der Waals surface area contributed by atoms with E-state index in [1.54, 1.807) is 38.1 Å². The van der Waals surface area contributed by atoms with E-state index in [1.807, 2.05) is 0 Å². The number of benzene rings is 1. The molecule has 23 heavy (non-hydrogen) atoms. The lowest BCUT2D eigenvalue weighted by molar-refractivity contribution is -0.119. The molecule has 3 amide bonds. The van der Waals surface area contributed by atoms with Gasteiger partial charge >= 0.3 is 6.03 Å². The first-order valence-electron chi connectivity index (χ1n) is 6.84. The molecule has 0 saturated heterocycles. The molecule has 0 saturated carbocycles. The van der Waals surface area contributed by atoms with Gasteiger partial charge in [-0.05, 0) is 32.0 Å². The summed E-state index contributed by atoms with van der Waals surface area (Å²) in [7, 11) is 0. The van der Waals surface area contributed by atoms with E-state index >= 15 is 0 Å².